The summed E-state index contributed by atoms with van der Waals surface area (Å²) in [6.45, 7) is 0.804. The molecule has 0 amide bonds. The number of rotatable bonds is 3. The summed E-state index contributed by atoms with van der Waals surface area (Å²) in [7, 11) is 1.30. The second kappa shape index (κ2) is 2.80. The van der Waals surface area contributed by atoms with Gasteiger partial charge in [0.05, 0.1) is 5.75 Å². The van der Waals surface area contributed by atoms with Crippen molar-refractivity contribution in [2.24, 2.45) is 11.8 Å². The first kappa shape index (κ1) is 10.2. The van der Waals surface area contributed by atoms with Gasteiger partial charge in [-0.25, -0.2) is 17.2 Å². The lowest BCUT2D eigenvalue weighted by molar-refractivity contribution is -0.00629. The van der Waals surface area contributed by atoms with Crippen LogP contribution in [0.1, 0.15) is 13.3 Å². The molecule has 72 valence electrons. The van der Waals surface area contributed by atoms with Gasteiger partial charge in [0.25, 0.3) is 0 Å². The van der Waals surface area contributed by atoms with Crippen molar-refractivity contribution in [2.45, 2.75) is 19.3 Å². The molecule has 2 atom stereocenters. The third kappa shape index (κ3) is 2.86. The van der Waals surface area contributed by atoms with E-state index in [1.165, 1.54) is 0 Å². The summed E-state index contributed by atoms with van der Waals surface area (Å²) in [6, 6.07) is 0. The fraction of sp³-hybridized carbons (Fsp3) is 1.00. The maximum absolute atomic E-state index is 12.5. The van der Waals surface area contributed by atoms with Crippen molar-refractivity contribution in [3.63, 3.8) is 0 Å². The molecule has 0 spiro atoms. The molecular formula is C6H9ClF2O2S. The third-order valence-corrected chi connectivity index (χ3v) is 3.19. The van der Waals surface area contributed by atoms with Crippen LogP contribution in [-0.2, 0) is 9.05 Å². The van der Waals surface area contributed by atoms with E-state index in [0.29, 0.717) is 0 Å². The molecule has 0 heterocycles. The maximum Gasteiger partial charge on any atom is 0.248 e. The fourth-order valence-electron chi connectivity index (χ4n) is 1.31. The van der Waals surface area contributed by atoms with Crippen LogP contribution < -0.4 is 0 Å². The zero-order valence-electron chi connectivity index (χ0n) is 6.43. The largest absolute Gasteiger partial charge is 0.248 e. The number of halogens is 3. The molecule has 0 aromatic heterocycles. The second-order valence-corrected chi connectivity index (χ2v) is 6.09. The minimum absolute atomic E-state index is 0.259. The second-order valence-electron chi connectivity index (χ2n) is 3.26. The monoisotopic (exact) mass is 218 g/mol. The van der Waals surface area contributed by atoms with Gasteiger partial charge in [-0.3, -0.25) is 0 Å². The van der Waals surface area contributed by atoms with Crippen LogP contribution in [0.15, 0.2) is 0 Å². The molecule has 0 aromatic rings. The highest BCUT2D eigenvalue weighted by molar-refractivity contribution is 8.13. The van der Waals surface area contributed by atoms with Crippen LogP contribution in [0.5, 0.6) is 0 Å². The zero-order valence-corrected chi connectivity index (χ0v) is 8.00. The van der Waals surface area contributed by atoms with Crippen LogP contribution in [0.25, 0.3) is 0 Å². The maximum atomic E-state index is 12.5. The van der Waals surface area contributed by atoms with Gasteiger partial charge in [-0.2, -0.15) is 0 Å². The first-order chi connectivity index (χ1) is 5.20. The number of alkyl halides is 2. The SMILES string of the molecule is CC(F)(F)[C@@H]1C[C@H]1CS(=O)(=O)Cl. The summed E-state index contributed by atoms with van der Waals surface area (Å²) in [5.41, 5.74) is 0. The summed E-state index contributed by atoms with van der Waals surface area (Å²) < 4.78 is 45.9. The van der Waals surface area contributed by atoms with Gasteiger partial charge in [-0.1, -0.05) is 0 Å². The molecule has 6 heteroatoms. The van der Waals surface area contributed by atoms with E-state index >= 15 is 0 Å². The molecule has 1 fully saturated rings. The summed E-state index contributed by atoms with van der Waals surface area (Å²) in [5.74, 6) is -4.35. The molecule has 12 heavy (non-hydrogen) atoms. The smallest absolute Gasteiger partial charge is 0.212 e. The molecule has 0 radical (unpaired) electrons. The Kier molecular flexibility index (Phi) is 2.38. The molecule has 0 aromatic carbocycles. The van der Waals surface area contributed by atoms with Crippen molar-refractivity contribution >= 4 is 19.7 Å². The molecule has 0 N–H and O–H groups in total. The summed E-state index contributed by atoms with van der Waals surface area (Å²) in [6.07, 6.45) is 0.259. The van der Waals surface area contributed by atoms with Crippen LogP contribution in [0.3, 0.4) is 0 Å². The van der Waals surface area contributed by atoms with Gasteiger partial charge in [0.1, 0.15) is 0 Å². The van der Waals surface area contributed by atoms with E-state index in [9.17, 15) is 17.2 Å². The highest BCUT2D eigenvalue weighted by Gasteiger charge is 2.52. The Morgan fingerprint density at radius 1 is 1.58 bits per heavy atom. The number of hydrogen-bond acceptors (Lipinski definition) is 2. The van der Waals surface area contributed by atoms with Gasteiger partial charge >= 0.3 is 0 Å². The molecule has 1 saturated carbocycles. The van der Waals surface area contributed by atoms with E-state index in [-0.39, 0.29) is 12.2 Å². The van der Waals surface area contributed by atoms with Crippen molar-refractivity contribution in [3.8, 4) is 0 Å². The standard InChI is InChI=1S/C6H9ClF2O2S/c1-6(8,9)5-2-4(5)3-12(7,10)11/h4-5H,2-3H2,1H3/t4-,5+/m0/s1. The number of hydrogen-bond donors (Lipinski definition) is 0. The van der Waals surface area contributed by atoms with Crippen LogP contribution in [0.2, 0.25) is 0 Å². The first-order valence-corrected chi connectivity index (χ1v) is 5.98. The Morgan fingerprint density at radius 3 is 2.33 bits per heavy atom. The summed E-state index contributed by atoms with van der Waals surface area (Å²) in [5, 5.41) is 0. The van der Waals surface area contributed by atoms with Crippen molar-refractivity contribution < 1.29 is 17.2 Å². The van der Waals surface area contributed by atoms with Crippen molar-refractivity contribution in [1.29, 1.82) is 0 Å². The molecule has 0 aliphatic heterocycles. The Hall–Kier alpha value is 0.1000. The Morgan fingerprint density at radius 2 is 2.08 bits per heavy atom. The molecule has 1 aliphatic carbocycles. The molecule has 1 rings (SSSR count). The topological polar surface area (TPSA) is 34.1 Å². The predicted octanol–water partition coefficient (Wildman–Crippen LogP) is 1.85. The van der Waals surface area contributed by atoms with E-state index < -0.39 is 26.8 Å². The van der Waals surface area contributed by atoms with E-state index in [1.807, 2.05) is 0 Å². The fourth-order valence-corrected chi connectivity index (χ4v) is 2.67. The van der Waals surface area contributed by atoms with Crippen molar-refractivity contribution in [2.75, 3.05) is 5.75 Å². The van der Waals surface area contributed by atoms with Gasteiger partial charge in [-0.05, 0) is 19.3 Å². The highest BCUT2D eigenvalue weighted by atomic mass is 35.7. The lowest BCUT2D eigenvalue weighted by Crippen LogP contribution is -2.16. The highest BCUT2D eigenvalue weighted by Crippen LogP contribution is 2.49. The molecular weight excluding hydrogens is 210 g/mol. The van der Waals surface area contributed by atoms with Crippen LogP contribution in [-0.4, -0.2) is 20.1 Å². The van der Waals surface area contributed by atoms with Crippen LogP contribution >= 0.6 is 10.7 Å². The van der Waals surface area contributed by atoms with Crippen LogP contribution in [0.4, 0.5) is 8.78 Å². The van der Waals surface area contributed by atoms with Gasteiger partial charge in [0, 0.05) is 16.6 Å². The Bertz CT molecular complexity index is 270. The van der Waals surface area contributed by atoms with Gasteiger partial charge < -0.3 is 0 Å². The van der Waals surface area contributed by atoms with Gasteiger partial charge in [0.15, 0.2) is 0 Å². The third-order valence-electron chi connectivity index (χ3n) is 1.99. The Balaban J connectivity index is 2.45. The molecule has 2 nitrogen and oxygen atoms in total. The molecule has 0 unspecified atom stereocenters. The van der Waals surface area contributed by atoms with Gasteiger partial charge in [0.2, 0.25) is 15.0 Å². The van der Waals surface area contributed by atoms with E-state index in [4.69, 9.17) is 10.7 Å². The van der Waals surface area contributed by atoms with Crippen molar-refractivity contribution in [3.05, 3.63) is 0 Å². The lowest BCUT2D eigenvalue weighted by atomic mass is 10.2. The zero-order chi connectivity index (χ0) is 9.57. The average molecular weight is 219 g/mol. The van der Waals surface area contributed by atoms with E-state index in [1.54, 1.807) is 0 Å². The van der Waals surface area contributed by atoms with Gasteiger partial charge in [-0.15, -0.1) is 0 Å². The summed E-state index contributed by atoms with van der Waals surface area (Å²) in [4.78, 5) is 0. The van der Waals surface area contributed by atoms with E-state index in [0.717, 1.165) is 6.92 Å². The minimum Gasteiger partial charge on any atom is -0.212 e. The average Bonchev–Trinajstić information content (AvgIpc) is 2.37. The molecule has 1 aliphatic rings. The summed E-state index contributed by atoms with van der Waals surface area (Å²) >= 11 is 0. The molecule has 0 bridgehead atoms. The quantitative estimate of drug-likeness (QED) is 0.678. The molecule has 0 saturated heterocycles. The predicted molar refractivity (Wildman–Crippen MR) is 41.9 cm³/mol. The van der Waals surface area contributed by atoms with E-state index in [2.05, 4.69) is 0 Å². The van der Waals surface area contributed by atoms with Crippen LogP contribution in [0, 0.1) is 11.8 Å². The first-order valence-electron chi connectivity index (χ1n) is 3.50. The Labute approximate surface area is 74.3 Å². The van der Waals surface area contributed by atoms with Crippen molar-refractivity contribution in [1.82, 2.24) is 0 Å². The normalized spacial score (nSPS) is 30.3. The minimum atomic E-state index is -3.62. The lowest BCUT2D eigenvalue weighted by Gasteiger charge is -2.07.